The summed E-state index contributed by atoms with van der Waals surface area (Å²) in [5.74, 6) is 1.41. The van der Waals surface area contributed by atoms with Gasteiger partial charge in [-0.1, -0.05) is 18.1 Å². The first-order chi connectivity index (χ1) is 14.7. The molecule has 2 saturated carbocycles. The molecular formula is C22H23N7O. The molecule has 3 aliphatic rings. The van der Waals surface area contributed by atoms with Gasteiger partial charge < -0.3 is 14.3 Å². The maximum Gasteiger partial charge on any atom is 0.319 e. The molecule has 0 spiro atoms. The van der Waals surface area contributed by atoms with E-state index in [1.165, 1.54) is 23.9 Å². The number of aromatic amines is 1. The van der Waals surface area contributed by atoms with Crippen molar-refractivity contribution in [3.8, 4) is 0 Å². The maximum atomic E-state index is 6.17. The molecule has 5 heterocycles. The molecule has 30 heavy (non-hydrogen) atoms. The quantitative estimate of drug-likeness (QED) is 0.563. The van der Waals surface area contributed by atoms with E-state index in [0.29, 0.717) is 11.9 Å². The number of anilines is 1. The summed E-state index contributed by atoms with van der Waals surface area (Å²) in [7, 11) is 0. The van der Waals surface area contributed by atoms with Gasteiger partial charge in [0.05, 0.1) is 23.2 Å². The van der Waals surface area contributed by atoms with Gasteiger partial charge >= 0.3 is 6.01 Å². The molecule has 2 fully saturated rings. The third-order valence-electron chi connectivity index (χ3n) is 6.95. The van der Waals surface area contributed by atoms with Gasteiger partial charge in [0.15, 0.2) is 0 Å². The summed E-state index contributed by atoms with van der Waals surface area (Å²) < 4.78 is 8.18. The van der Waals surface area contributed by atoms with Gasteiger partial charge in [0.2, 0.25) is 5.89 Å². The molecule has 4 aromatic rings. The minimum Gasteiger partial charge on any atom is -0.407 e. The number of nitrogens with one attached hydrogen (secondary N) is 1. The van der Waals surface area contributed by atoms with Crippen LogP contribution in [0.15, 0.2) is 35.1 Å². The maximum absolute atomic E-state index is 6.17. The number of hydrogen-bond acceptors (Lipinski definition) is 6. The lowest BCUT2D eigenvalue weighted by Gasteiger charge is -2.32. The molecule has 8 nitrogen and oxygen atoms in total. The Morgan fingerprint density at radius 3 is 2.97 bits per heavy atom. The Morgan fingerprint density at radius 2 is 2.13 bits per heavy atom. The zero-order chi connectivity index (χ0) is 19.9. The summed E-state index contributed by atoms with van der Waals surface area (Å²) in [6.07, 6.45) is 9.42. The van der Waals surface area contributed by atoms with Crippen LogP contribution in [0.3, 0.4) is 0 Å². The SMILES string of the molecule is CC1(c2nnc(N3CCc4[nH]cnc4[C@@H]3c3cc4c(C5CC5)cccn4n3)o2)CC1. The average molecular weight is 401 g/mol. The third-order valence-corrected chi connectivity index (χ3v) is 6.95. The average Bonchev–Trinajstić information content (AvgIpc) is 3.53. The normalized spacial score (nSPS) is 22.4. The van der Waals surface area contributed by atoms with Crippen molar-refractivity contribution >= 4 is 11.5 Å². The summed E-state index contributed by atoms with van der Waals surface area (Å²) in [5, 5.41) is 13.8. The molecule has 0 radical (unpaired) electrons. The summed E-state index contributed by atoms with van der Waals surface area (Å²) in [6, 6.07) is 6.96. The second kappa shape index (κ2) is 5.71. The standard InChI is InChI=1S/C22H23N7O/c1-22(7-8-22)20-25-26-21(30-20)28-10-6-15-18(24-12-23-15)19(28)16-11-17-14(13-4-5-13)3-2-9-29(17)27-16/h2-3,9,11-13,19H,4-8,10H2,1H3,(H,23,24)/t19-/m0/s1. The molecule has 4 aromatic heterocycles. The number of rotatable bonds is 4. The Hall–Kier alpha value is -3.16. The van der Waals surface area contributed by atoms with E-state index < -0.39 is 0 Å². The highest BCUT2D eigenvalue weighted by molar-refractivity contribution is 5.59. The first-order valence-electron chi connectivity index (χ1n) is 10.8. The molecule has 1 atom stereocenters. The molecule has 2 aliphatic carbocycles. The molecule has 0 unspecified atom stereocenters. The molecule has 0 bridgehead atoms. The summed E-state index contributed by atoms with van der Waals surface area (Å²) in [6.45, 7) is 2.97. The van der Waals surface area contributed by atoms with Crippen LogP contribution in [0.2, 0.25) is 0 Å². The van der Waals surface area contributed by atoms with E-state index in [1.807, 2.05) is 10.7 Å². The van der Waals surface area contributed by atoms with Crippen molar-refractivity contribution in [2.75, 3.05) is 11.4 Å². The van der Waals surface area contributed by atoms with E-state index in [1.54, 1.807) is 6.33 Å². The monoisotopic (exact) mass is 401 g/mol. The van der Waals surface area contributed by atoms with Crippen LogP contribution in [-0.4, -0.2) is 36.3 Å². The molecular weight excluding hydrogens is 378 g/mol. The number of hydrogen-bond donors (Lipinski definition) is 1. The third kappa shape index (κ3) is 2.39. The largest absolute Gasteiger partial charge is 0.407 e. The van der Waals surface area contributed by atoms with Crippen LogP contribution in [0.25, 0.3) is 5.52 Å². The fourth-order valence-electron chi connectivity index (χ4n) is 4.69. The van der Waals surface area contributed by atoms with E-state index in [0.717, 1.165) is 48.8 Å². The summed E-state index contributed by atoms with van der Waals surface area (Å²) >= 11 is 0. The van der Waals surface area contributed by atoms with Crippen LogP contribution < -0.4 is 4.90 Å². The van der Waals surface area contributed by atoms with Crippen LogP contribution in [0, 0.1) is 0 Å². The van der Waals surface area contributed by atoms with Crippen molar-refractivity contribution < 1.29 is 4.42 Å². The molecule has 8 heteroatoms. The zero-order valence-corrected chi connectivity index (χ0v) is 16.9. The molecule has 1 aliphatic heterocycles. The van der Waals surface area contributed by atoms with Crippen molar-refractivity contribution in [1.29, 1.82) is 0 Å². The van der Waals surface area contributed by atoms with Gasteiger partial charge in [-0.05, 0) is 49.3 Å². The Morgan fingerprint density at radius 1 is 1.23 bits per heavy atom. The second-order valence-electron chi connectivity index (χ2n) is 9.20. The lowest BCUT2D eigenvalue weighted by Crippen LogP contribution is -2.37. The summed E-state index contributed by atoms with van der Waals surface area (Å²) in [5.41, 5.74) is 5.75. The Kier molecular flexibility index (Phi) is 3.16. The van der Waals surface area contributed by atoms with Crippen LogP contribution in [-0.2, 0) is 11.8 Å². The highest BCUT2D eigenvalue weighted by Crippen LogP contribution is 2.48. The van der Waals surface area contributed by atoms with Gasteiger partial charge in [-0.15, -0.1) is 5.10 Å². The minimum atomic E-state index is -0.146. The zero-order valence-electron chi connectivity index (χ0n) is 16.9. The van der Waals surface area contributed by atoms with E-state index in [2.05, 4.69) is 50.2 Å². The van der Waals surface area contributed by atoms with Crippen molar-refractivity contribution in [3.05, 3.63) is 59.3 Å². The minimum absolute atomic E-state index is 0.0519. The van der Waals surface area contributed by atoms with Gasteiger partial charge in [-0.25, -0.2) is 9.50 Å². The predicted octanol–water partition coefficient (Wildman–Crippen LogP) is 3.52. The van der Waals surface area contributed by atoms with Crippen LogP contribution in [0.1, 0.15) is 73.1 Å². The smallest absolute Gasteiger partial charge is 0.319 e. The fraction of sp³-hybridized carbons (Fsp3) is 0.455. The first kappa shape index (κ1) is 16.6. The van der Waals surface area contributed by atoms with Gasteiger partial charge in [-0.3, -0.25) is 0 Å². The number of fused-ring (bicyclic) bond motifs is 2. The highest BCUT2D eigenvalue weighted by atomic mass is 16.4. The molecule has 7 rings (SSSR count). The lowest BCUT2D eigenvalue weighted by atomic mass is 10.00. The van der Waals surface area contributed by atoms with Gasteiger partial charge in [0.25, 0.3) is 0 Å². The fourth-order valence-corrected chi connectivity index (χ4v) is 4.69. The van der Waals surface area contributed by atoms with Gasteiger partial charge in [0, 0.05) is 30.3 Å². The Labute approximate surface area is 173 Å². The molecule has 0 saturated heterocycles. The Bertz CT molecular complexity index is 1260. The predicted molar refractivity (Wildman–Crippen MR) is 110 cm³/mol. The molecule has 1 N–H and O–H groups in total. The molecule has 0 aromatic carbocycles. The molecule has 0 amide bonds. The lowest BCUT2D eigenvalue weighted by molar-refractivity contribution is 0.431. The second-order valence-corrected chi connectivity index (χ2v) is 9.20. The number of imidazole rings is 1. The molecule has 152 valence electrons. The number of aromatic nitrogens is 6. The van der Waals surface area contributed by atoms with Crippen molar-refractivity contribution in [2.24, 2.45) is 0 Å². The first-order valence-corrected chi connectivity index (χ1v) is 10.8. The van der Waals surface area contributed by atoms with E-state index in [-0.39, 0.29) is 11.5 Å². The van der Waals surface area contributed by atoms with Crippen LogP contribution in [0.5, 0.6) is 0 Å². The number of H-pyrrole nitrogens is 1. The Balaban J connectivity index is 1.36. The number of nitrogens with zero attached hydrogens (tertiary/aromatic N) is 6. The summed E-state index contributed by atoms with van der Waals surface area (Å²) in [4.78, 5) is 10.1. The van der Waals surface area contributed by atoms with Crippen LogP contribution >= 0.6 is 0 Å². The highest BCUT2D eigenvalue weighted by Gasteiger charge is 2.45. The van der Waals surface area contributed by atoms with Crippen molar-refractivity contribution in [2.45, 2.75) is 56.4 Å². The van der Waals surface area contributed by atoms with E-state index in [9.17, 15) is 0 Å². The van der Waals surface area contributed by atoms with Crippen molar-refractivity contribution in [1.82, 2.24) is 29.8 Å². The number of pyridine rings is 1. The van der Waals surface area contributed by atoms with Crippen LogP contribution in [0.4, 0.5) is 6.01 Å². The van der Waals surface area contributed by atoms with E-state index >= 15 is 0 Å². The topological polar surface area (TPSA) is 88.1 Å². The van der Waals surface area contributed by atoms with Gasteiger partial charge in [0.1, 0.15) is 6.04 Å². The van der Waals surface area contributed by atoms with Crippen molar-refractivity contribution in [3.63, 3.8) is 0 Å². The van der Waals surface area contributed by atoms with Gasteiger partial charge in [-0.2, -0.15) is 5.10 Å². The van der Waals surface area contributed by atoms with E-state index in [4.69, 9.17) is 9.52 Å².